The molecule has 0 amide bonds. The van der Waals surface area contributed by atoms with Crippen molar-refractivity contribution in [3.8, 4) is 33.4 Å². The van der Waals surface area contributed by atoms with Gasteiger partial charge in [0.2, 0.25) is 0 Å². The highest BCUT2D eigenvalue weighted by Crippen LogP contribution is 2.38. The summed E-state index contributed by atoms with van der Waals surface area (Å²) >= 11 is 0. The Morgan fingerprint density at radius 2 is 1.14 bits per heavy atom. The molecule has 5 aromatic carbocycles. The summed E-state index contributed by atoms with van der Waals surface area (Å²) in [5.41, 5.74) is 12.8. The van der Waals surface area contributed by atoms with Gasteiger partial charge in [0.15, 0.2) is 5.84 Å². The van der Waals surface area contributed by atoms with Crippen molar-refractivity contribution in [2.75, 3.05) is 0 Å². The highest BCUT2D eigenvalue weighted by Gasteiger charge is 2.27. The summed E-state index contributed by atoms with van der Waals surface area (Å²) < 4.78 is 6.16. The van der Waals surface area contributed by atoms with E-state index in [1.54, 1.807) is 6.20 Å². The van der Waals surface area contributed by atoms with E-state index < -0.39 is 0 Å². The maximum atomic E-state index is 6.16. The van der Waals surface area contributed by atoms with Crippen LogP contribution in [-0.4, -0.2) is 21.5 Å². The van der Waals surface area contributed by atoms with Crippen LogP contribution in [0.3, 0.4) is 0 Å². The normalized spacial score (nSPS) is 14.5. The summed E-state index contributed by atoms with van der Waals surface area (Å²) in [4.78, 5) is 19.0. The standard InChI is InChI=1S/C45H30N4O/c1-29-43(34-17-18-42-40(27-34)39-11-5-6-12-41(39)50-42)48-45(33-8-3-2-4-9-33)49-44(29)38-25-36(24-37(26-38)32-19-22-46-23-20-32)31-15-13-30(14-16-31)35-10-7-21-47-28-35/h2-28,43H,1H2. The number of benzene rings is 5. The summed E-state index contributed by atoms with van der Waals surface area (Å²) in [5, 5.41) is 2.14. The molecule has 8 aromatic rings. The molecular weight excluding hydrogens is 613 g/mol. The fraction of sp³-hybridized carbons (Fsp3) is 0.0222. The maximum absolute atomic E-state index is 6.16. The maximum Gasteiger partial charge on any atom is 0.156 e. The summed E-state index contributed by atoms with van der Waals surface area (Å²) in [6.07, 6.45) is 7.34. The summed E-state index contributed by atoms with van der Waals surface area (Å²) in [6, 6.07) is 47.7. The number of hydrogen-bond donors (Lipinski definition) is 0. The Bertz CT molecular complexity index is 2590. The number of para-hydroxylation sites is 1. The average Bonchev–Trinajstić information content (AvgIpc) is 3.57. The zero-order valence-electron chi connectivity index (χ0n) is 27.1. The van der Waals surface area contributed by atoms with Crippen LogP contribution >= 0.6 is 0 Å². The number of pyridine rings is 2. The van der Waals surface area contributed by atoms with Crippen molar-refractivity contribution in [1.29, 1.82) is 0 Å². The van der Waals surface area contributed by atoms with E-state index in [0.29, 0.717) is 5.84 Å². The van der Waals surface area contributed by atoms with Crippen molar-refractivity contribution >= 4 is 33.5 Å². The first-order chi connectivity index (χ1) is 24.7. The smallest absolute Gasteiger partial charge is 0.156 e. The van der Waals surface area contributed by atoms with Crippen molar-refractivity contribution in [2.24, 2.45) is 9.98 Å². The topological polar surface area (TPSA) is 63.6 Å². The highest BCUT2D eigenvalue weighted by molar-refractivity contribution is 6.22. The van der Waals surface area contributed by atoms with Crippen LogP contribution in [0.15, 0.2) is 191 Å². The Labute approximate surface area is 289 Å². The van der Waals surface area contributed by atoms with Crippen molar-refractivity contribution in [2.45, 2.75) is 6.04 Å². The van der Waals surface area contributed by atoms with Gasteiger partial charge >= 0.3 is 0 Å². The predicted molar refractivity (Wildman–Crippen MR) is 203 cm³/mol. The molecule has 3 aromatic heterocycles. The monoisotopic (exact) mass is 642 g/mol. The molecule has 0 N–H and O–H groups in total. The largest absolute Gasteiger partial charge is 0.456 e. The van der Waals surface area contributed by atoms with Gasteiger partial charge in [0.05, 0.1) is 5.71 Å². The van der Waals surface area contributed by atoms with Crippen LogP contribution in [0, 0.1) is 0 Å². The Balaban J connectivity index is 1.19. The number of fused-ring (bicyclic) bond motifs is 3. The van der Waals surface area contributed by atoms with Crippen LogP contribution in [0.4, 0.5) is 0 Å². The van der Waals surface area contributed by atoms with E-state index in [1.807, 2.05) is 79.3 Å². The molecule has 0 aliphatic carbocycles. The third kappa shape index (κ3) is 5.41. The molecule has 0 radical (unpaired) electrons. The Hall–Kier alpha value is -6.72. The summed E-state index contributed by atoms with van der Waals surface area (Å²) in [7, 11) is 0. The van der Waals surface area contributed by atoms with Crippen LogP contribution in [0.2, 0.25) is 0 Å². The molecule has 1 unspecified atom stereocenters. The Kier molecular flexibility index (Phi) is 7.29. The first kappa shape index (κ1) is 29.4. The third-order valence-corrected chi connectivity index (χ3v) is 9.29. The van der Waals surface area contributed by atoms with E-state index in [-0.39, 0.29) is 6.04 Å². The fourth-order valence-electron chi connectivity index (χ4n) is 6.73. The first-order valence-corrected chi connectivity index (χ1v) is 16.6. The lowest BCUT2D eigenvalue weighted by Gasteiger charge is -2.24. The molecule has 0 bridgehead atoms. The molecule has 236 valence electrons. The quantitative estimate of drug-likeness (QED) is 0.181. The van der Waals surface area contributed by atoms with Gasteiger partial charge in [0.1, 0.15) is 17.2 Å². The van der Waals surface area contributed by atoms with Gasteiger partial charge in [-0.05, 0) is 93.5 Å². The van der Waals surface area contributed by atoms with Crippen molar-refractivity contribution in [3.63, 3.8) is 0 Å². The second-order valence-electron chi connectivity index (χ2n) is 12.4. The second kappa shape index (κ2) is 12.4. The second-order valence-corrected chi connectivity index (χ2v) is 12.4. The van der Waals surface area contributed by atoms with Crippen LogP contribution in [0.1, 0.15) is 22.7 Å². The number of aliphatic imine (C=N–C) groups is 2. The number of rotatable bonds is 6. The van der Waals surface area contributed by atoms with Gasteiger partial charge in [0, 0.05) is 52.3 Å². The molecule has 1 atom stereocenters. The first-order valence-electron chi connectivity index (χ1n) is 16.6. The van der Waals surface area contributed by atoms with Crippen LogP contribution in [0.5, 0.6) is 0 Å². The SMILES string of the molecule is C=C1C(c2cc(-c3ccncc3)cc(-c3ccc(-c4cccnc4)cc3)c2)=NC(c2ccccc2)=NC1c1ccc2oc3ccccc3c2c1. The molecule has 0 saturated heterocycles. The minimum atomic E-state index is -0.345. The van der Waals surface area contributed by atoms with E-state index in [0.717, 1.165) is 83.3 Å². The molecule has 0 spiro atoms. The Morgan fingerprint density at radius 3 is 1.90 bits per heavy atom. The molecule has 5 nitrogen and oxygen atoms in total. The van der Waals surface area contributed by atoms with Gasteiger partial charge in [-0.15, -0.1) is 0 Å². The molecular formula is C45H30N4O. The third-order valence-electron chi connectivity index (χ3n) is 9.29. The molecule has 9 rings (SSSR count). The number of aromatic nitrogens is 2. The van der Waals surface area contributed by atoms with Crippen LogP contribution < -0.4 is 0 Å². The molecule has 50 heavy (non-hydrogen) atoms. The molecule has 1 aliphatic heterocycles. The van der Waals surface area contributed by atoms with Crippen molar-refractivity contribution in [3.05, 3.63) is 193 Å². The van der Waals surface area contributed by atoms with Crippen LogP contribution in [0.25, 0.3) is 55.3 Å². The van der Waals surface area contributed by atoms with Crippen molar-refractivity contribution in [1.82, 2.24) is 9.97 Å². The average molecular weight is 643 g/mol. The number of furan rings is 1. The van der Waals surface area contributed by atoms with Crippen LogP contribution in [-0.2, 0) is 0 Å². The van der Waals surface area contributed by atoms with Crippen molar-refractivity contribution < 1.29 is 4.42 Å². The number of amidine groups is 1. The van der Waals surface area contributed by atoms with E-state index in [9.17, 15) is 0 Å². The fourth-order valence-corrected chi connectivity index (χ4v) is 6.73. The predicted octanol–water partition coefficient (Wildman–Crippen LogP) is 10.9. The van der Waals surface area contributed by atoms with Gasteiger partial charge in [-0.3, -0.25) is 15.0 Å². The van der Waals surface area contributed by atoms with Gasteiger partial charge in [-0.1, -0.05) is 91.5 Å². The lowest BCUT2D eigenvalue weighted by Crippen LogP contribution is -2.20. The molecule has 0 fully saturated rings. The molecule has 5 heteroatoms. The summed E-state index contributed by atoms with van der Waals surface area (Å²) in [5.74, 6) is 0.673. The lowest BCUT2D eigenvalue weighted by atomic mass is 9.88. The zero-order valence-corrected chi connectivity index (χ0v) is 27.1. The molecule has 0 saturated carbocycles. The highest BCUT2D eigenvalue weighted by atomic mass is 16.3. The number of hydrogen-bond acceptors (Lipinski definition) is 5. The molecule has 4 heterocycles. The van der Waals surface area contributed by atoms with E-state index >= 15 is 0 Å². The van der Waals surface area contributed by atoms with Gasteiger partial charge in [-0.25, -0.2) is 4.99 Å². The minimum absolute atomic E-state index is 0.345. The summed E-state index contributed by atoms with van der Waals surface area (Å²) in [6.45, 7) is 4.66. The van der Waals surface area contributed by atoms with E-state index in [2.05, 4.69) is 95.4 Å². The van der Waals surface area contributed by atoms with E-state index in [1.165, 1.54) is 0 Å². The Morgan fingerprint density at radius 1 is 0.480 bits per heavy atom. The van der Waals surface area contributed by atoms with E-state index in [4.69, 9.17) is 14.4 Å². The number of nitrogens with zero attached hydrogens (tertiary/aromatic N) is 4. The lowest BCUT2D eigenvalue weighted by molar-refractivity contribution is 0.668. The molecule has 1 aliphatic rings. The van der Waals surface area contributed by atoms with Gasteiger partial charge in [-0.2, -0.15) is 0 Å². The zero-order chi connectivity index (χ0) is 33.4. The minimum Gasteiger partial charge on any atom is -0.456 e. The van der Waals surface area contributed by atoms with Gasteiger partial charge in [0.25, 0.3) is 0 Å². The van der Waals surface area contributed by atoms with Gasteiger partial charge < -0.3 is 4.42 Å².